The molecule has 4 nitrogen and oxygen atoms in total. The predicted octanol–water partition coefficient (Wildman–Crippen LogP) is 3.58. The smallest absolute Gasteiger partial charge is 0.239 e. The van der Waals surface area contributed by atoms with E-state index in [2.05, 4.69) is 5.32 Å². The molecule has 0 spiro atoms. The van der Waals surface area contributed by atoms with Gasteiger partial charge in [0.15, 0.2) is 0 Å². The van der Waals surface area contributed by atoms with Gasteiger partial charge < -0.3 is 10.2 Å². The summed E-state index contributed by atoms with van der Waals surface area (Å²) >= 11 is 11.9. The molecule has 0 aliphatic carbocycles. The van der Waals surface area contributed by atoms with E-state index >= 15 is 0 Å². The number of anilines is 1. The first-order chi connectivity index (χ1) is 9.82. The third kappa shape index (κ3) is 3.50. The van der Waals surface area contributed by atoms with Crippen molar-refractivity contribution in [2.24, 2.45) is 5.41 Å². The van der Waals surface area contributed by atoms with Gasteiger partial charge in [-0.1, -0.05) is 23.2 Å². The molecule has 1 aromatic rings. The molecule has 1 heterocycles. The molecule has 2 rings (SSSR count). The molecule has 0 saturated carbocycles. The van der Waals surface area contributed by atoms with Crippen LogP contribution in [0.1, 0.15) is 26.7 Å². The van der Waals surface area contributed by atoms with E-state index in [4.69, 9.17) is 23.2 Å². The van der Waals surface area contributed by atoms with E-state index in [9.17, 15) is 9.59 Å². The van der Waals surface area contributed by atoms with Crippen molar-refractivity contribution in [1.29, 1.82) is 0 Å². The molecule has 1 saturated heterocycles. The van der Waals surface area contributed by atoms with Crippen molar-refractivity contribution in [1.82, 2.24) is 4.90 Å². The highest BCUT2D eigenvalue weighted by Gasteiger charge is 2.40. The Bertz CT molecular complexity index is 567. The first-order valence-electron chi connectivity index (χ1n) is 6.88. The fourth-order valence-corrected chi connectivity index (χ4v) is 2.62. The Labute approximate surface area is 134 Å². The maximum Gasteiger partial charge on any atom is 0.239 e. The molecule has 0 unspecified atom stereocenters. The van der Waals surface area contributed by atoms with E-state index < -0.39 is 5.41 Å². The summed E-state index contributed by atoms with van der Waals surface area (Å²) in [7, 11) is 0. The van der Waals surface area contributed by atoms with Crippen molar-refractivity contribution in [3.05, 3.63) is 28.2 Å². The number of hydrogen-bond donors (Lipinski definition) is 1. The van der Waals surface area contributed by atoms with Crippen LogP contribution in [0.2, 0.25) is 10.0 Å². The van der Waals surface area contributed by atoms with Crippen molar-refractivity contribution in [2.45, 2.75) is 26.7 Å². The van der Waals surface area contributed by atoms with E-state index in [1.807, 2.05) is 0 Å². The first kappa shape index (κ1) is 16.1. The van der Waals surface area contributed by atoms with Crippen LogP contribution in [-0.4, -0.2) is 29.8 Å². The molecular formula is C15H18Cl2N2O2. The highest BCUT2D eigenvalue weighted by atomic mass is 35.5. The van der Waals surface area contributed by atoms with Crippen LogP contribution >= 0.6 is 23.2 Å². The number of carbonyl (C=O) groups is 2. The fourth-order valence-electron chi connectivity index (χ4n) is 2.28. The third-order valence-corrected chi connectivity index (χ3v) is 4.24. The average Bonchev–Trinajstić information content (AvgIpc) is 2.95. The summed E-state index contributed by atoms with van der Waals surface area (Å²) < 4.78 is 0. The normalized spacial score (nSPS) is 15.1. The average molecular weight is 329 g/mol. The summed E-state index contributed by atoms with van der Waals surface area (Å²) in [6.07, 6.45) is 1.98. The molecule has 114 valence electrons. The number of benzene rings is 1. The molecule has 0 radical (unpaired) electrons. The van der Waals surface area contributed by atoms with E-state index in [-0.39, 0.29) is 11.8 Å². The lowest BCUT2D eigenvalue weighted by atomic mass is 9.90. The maximum absolute atomic E-state index is 12.5. The van der Waals surface area contributed by atoms with Crippen molar-refractivity contribution in [2.75, 3.05) is 18.4 Å². The molecule has 1 aliphatic rings. The Hall–Kier alpha value is -1.26. The summed E-state index contributed by atoms with van der Waals surface area (Å²) in [5.41, 5.74) is -0.729. The number of likely N-dealkylation sites (tertiary alicyclic amines) is 1. The van der Waals surface area contributed by atoms with E-state index in [1.165, 1.54) is 0 Å². The number of halogens is 2. The zero-order valence-electron chi connectivity index (χ0n) is 12.1. The molecule has 2 amide bonds. The van der Waals surface area contributed by atoms with Crippen LogP contribution in [0.3, 0.4) is 0 Å². The number of nitrogens with zero attached hydrogens (tertiary/aromatic N) is 1. The number of rotatable bonds is 3. The van der Waals surface area contributed by atoms with Gasteiger partial charge in [0.2, 0.25) is 11.8 Å². The molecule has 1 fully saturated rings. The summed E-state index contributed by atoms with van der Waals surface area (Å²) in [5, 5.41) is 3.55. The van der Waals surface area contributed by atoms with Gasteiger partial charge in [0, 0.05) is 18.1 Å². The van der Waals surface area contributed by atoms with E-state index in [0.29, 0.717) is 28.8 Å². The van der Waals surface area contributed by atoms with Gasteiger partial charge in [0.05, 0.1) is 10.7 Å². The predicted molar refractivity (Wildman–Crippen MR) is 84.7 cm³/mol. The second-order valence-corrected chi connectivity index (χ2v) is 6.55. The lowest BCUT2D eigenvalue weighted by molar-refractivity contribution is -0.145. The second kappa shape index (κ2) is 6.24. The highest BCUT2D eigenvalue weighted by Crippen LogP contribution is 2.29. The molecule has 21 heavy (non-hydrogen) atoms. The van der Waals surface area contributed by atoms with Crippen LogP contribution in [0, 0.1) is 5.41 Å². The van der Waals surface area contributed by atoms with Crippen LogP contribution in [0.15, 0.2) is 18.2 Å². The van der Waals surface area contributed by atoms with Crippen LogP contribution in [0.4, 0.5) is 5.69 Å². The highest BCUT2D eigenvalue weighted by molar-refractivity contribution is 6.35. The SMILES string of the molecule is CC(C)(C(=O)Nc1cc(Cl)ccc1Cl)C(=O)N1CCCC1. The quantitative estimate of drug-likeness (QED) is 0.862. The van der Waals surface area contributed by atoms with Gasteiger partial charge in [0.25, 0.3) is 0 Å². The maximum atomic E-state index is 12.5. The van der Waals surface area contributed by atoms with Crippen molar-refractivity contribution in [3.8, 4) is 0 Å². The Morgan fingerprint density at radius 2 is 1.81 bits per heavy atom. The molecule has 6 heteroatoms. The van der Waals surface area contributed by atoms with Crippen LogP contribution in [0.25, 0.3) is 0 Å². The first-order valence-corrected chi connectivity index (χ1v) is 7.64. The Balaban J connectivity index is 2.14. The minimum Gasteiger partial charge on any atom is -0.342 e. The lowest BCUT2D eigenvalue weighted by Gasteiger charge is -2.28. The Morgan fingerprint density at radius 3 is 2.43 bits per heavy atom. The standard InChI is InChI=1S/C15H18Cl2N2O2/c1-15(2,14(21)19-7-3-4-8-19)13(20)18-12-9-10(16)5-6-11(12)17/h5-6,9H,3-4,7-8H2,1-2H3,(H,18,20). The Kier molecular flexibility index (Phi) is 4.79. The molecule has 1 aliphatic heterocycles. The molecule has 0 aromatic heterocycles. The monoisotopic (exact) mass is 328 g/mol. The number of amides is 2. The summed E-state index contributed by atoms with van der Waals surface area (Å²) in [4.78, 5) is 26.6. The summed E-state index contributed by atoms with van der Waals surface area (Å²) in [6.45, 7) is 4.68. The summed E-state index contributed by atoms with van der Waals surface area (Å²) in [6, 6.07) is 4.81. The van der Waals surface area contributed by atoms with Crippen LogP contribution in [-0.2, 0) is 9.59 Å². The second-order valence-electron chi connectivity index (χ2n) is 5.70. The molecule has 0 bridgehead atoms. The minimum atomic E-state index is -1.14. The zero-order chi connectivity index (χ0) is 15.6. The van der Waals surface area contributed by atoms with Crippen LogP contribution in [0.5, 0.6) is 0 Å². The number of hydrogen-bond acceptors (Lipinski definition) is 2. The molecule has 1 N–H and O–H groups in total. The van der Waals surface area contributed by atoms with Gasteiger partial charge in [0.1, 0.15) is 5.41 Å². The molecule has 1 aromatic carbocycles. The largest absolute Gasteiger partial charge is 0.342 e. The lowest BCUT2D eigenvalue weighted by Crippen LogP contribution is -2.46. The van der Waals surface area contributed by atoms with E-state index in [1.54, 1.807) is 36.9 Å². The van der Waals surface area contributed by atoms with Crippen molar-refractivity contribution in [3.63, 3.8) is 0 Å². The van der Waals surface area contributed by atoms with Crippen molar-refractivity contribution < 1.29 is 9.59 Å². The zero-order valence-corrected chi connectivity index (χ0v) is 13.6. The molecular weight excluding hydrogens is 311 g/mol. The van der Waals surface area contributed by atoms with Gasteiger partial charge in [-0.2, -0.15) is 0 Å². The van der Waals surface area contributed by atoms with Gasteiger partial charge in [-0.05, 0) is 44.9 Å². The number of carbonyl (C=O) groups excluding carboxylic acids is 2. The van der Waals surface area contributed by atoms with Gasteiger partial charge in [-0.15, -0.1) is 0 Å². The third-order valence-electron chi connectivity index (χ3n) is 3.67. The van der Waals surface area contributed by atoms with Crippen LogP contribution < -0.4 is 5.32 Å². The molecule has 0 atom stereocenters. The Morgan fingerprint density at radius 1 is 1.19 bits per heavy atom. The fraction of sp³-hybridized carbons (Fsp3) is 0.467. The van der Waals surface area contributed by atoms with E-state index in [0.717, 1.165) is 12.8 Å². The summed E-state index contributed by atoms with van der Waals surface area (Å²) in [5.74, 6) is -0.542. The topological polar surface area (TPSA) is 49.4 Å². The van der Waals surface area contributed by atoms with Gasteiger partial charge >= 0.3 is 0 Å². The minimum absolute atomic E-state index is 0.157. The number of nitrogens with one attached hydrogen (secondary N) is 1. The van der Waals surface area contributed by atoms with Gasteiger partial charge in [-0.3, -0.25) is 9.59 Å². The van der Waals surface area contributed by atoms with Gasteiger partial charge in [-0.25, -0.2) is 0 Å². The van der Waals surface area contributed by atoms with Crippen molar-refractivity contribution >= 4 is 40.7 Å².